The van der Waals surface area contributed by atoms with Crippen LogP contribution < -0.4 is 5.32 Å². The summed E-state index contributed by atoms with van der Waals surface area (Å²) in [6.07, 6.45) is 2.45. The molecule has 0 saturated carbocycles. The molecule has 3 heterocycles. The third-order valence-corrected chi connectivity index (χ3v) is 6.04. The summed E-state index contributed by atoms with van der Waals surface area (Å²) >= 11 is 0. The van der Waals surface area contributed by atoms with Crippen molar-refractivity contribution in [3.63, 3.8) is 0 Å². The first-order chi connectivity index (χ1) is 9.50. The van der Waals surface area contributed by atoms with Crippen LogP contribution in [0.2, 0.25) is 0 Å². The minimum atomic E-state index is 0.0386. The lowest BCUT2D eigenvalue weighted by atomic mass is 9.95. The Kier molecular flexibility index (Phi) is 3.80. The molecule has 0 radical (unpaired) electrons. The fraction of sp³-hybridized carbons (Fsp3) is 0.938. The van der Waals surface area contributed by atoms with Gasteiger partial charge in [0.1, 0.15) is 0 Å². The van der Waals surface area contributed by atoms with E-state index in [4.69, 9.17) is 0 Å². The van der Waals surface area contributed by atoms with Gasteiger partial charge >= 0.3 is 0 Å². The largest absolute Gasteiger partial charge is 0.338 e. The predicted molar refractivity (Wildman–Crippen MR) is 80.5 cm³/mol. The fourth-order valence-corrected chi connectivity index (χ4v) is 4.80. The van der Waals surface area contributed by atoms with Gasteiger partial charge in [-0.15, -0.1) is 0 Å². The number of nitrogens with one attached hydrogen (secondary N) is 1. The number of amides is 1. The Morgan fingerprint density at radius 1 is 1.15 bits per heavy atom. The SMILES string of the molecule is CC1C2CNCC2CN1C(=O)C(C)N1C(C)CCC1C. The van der Waals surface area contributed by atoms with Crippen molar-refractivity contribution in [3.8, 4) is 0 Å². The number of rotatable bonds is 2. The van der Waals surface area contributed by atoms with Gasteiger partial charge < -0.3 is 10.2 Å². The molecule has 0 aliphatic carbocycles. The normalized spacial score (nSPS) is 43.0. The first-order valence-electron chi connectivity index (χ1n) is 8.29. The molecule has 3 aliphatic heterocycles. The van der Waals surface area contributed by atoms with Crippen LogP contribution in [-0.2, 0) is 4.79 Å². The lowest BCUT2D eigenvalue weighted by molar-refractivity contribution is -0.138. The molecule has 3 fully saturated rings. The number of carbonyl (C=O) groups is 1. The van der Waals surface area contributed by atoms with E-state index in [-0.39, 0.29) is 6.04 Å². The van der Waals surface area contributed by atoms with Crippen molar-refractivity contribution in [1.82, 2.24) is 15.1 Å². The first-order valence-corrected chi connectivity index (χ1v) is 8.29. The molecule has 3 aliphatic rings. The van der Waals surface area contributed by atoms with Crippen molar-refractivity contribution in [2.45, 2.75) is 64.7 Å². The zero-order chi connectivity index (χ0) is 14.4. The Hall–Kier alpha value is -0.610. The summed E-state index contributed by atoms with van der Waals surface area (Å²) < 4.78 is 0. The van der Waals surface area contributed by atoms with Crippen molar-refractivity contribution < 1.29 is 4.79 Å². The van der Waals surface area contributed by atoms with E-state index in [0.717, 1.165) is 19.6 Å². The molecule has 1 N–H and O–H groups in total. The standard InChI is InChI=1S/C16H29N3O/c1-10-5-6-11(2)19(10)13(4)16(20)18-9-14-7-17-8-15(14)12(18)3/h10-15,17H,5-9H2,1-4H3. The van der Waals surface area contributed by atoms with Gasteiger partial charge in [0.2, 0.25) is 5.91 Å². The molecule has 0 aromatic carbocycles. The molecule has 114 valence electrons. The van der Waals surface area contributed by atoms with Crippen LogP contribution in [0.15, 0.2) is 0 Å². The molecular formula is C16H29N3O. The monoisotopic (exact) mass is 279 g/mol. The number of hydrogen-bond donors (Lipinski definition) is 1. The maximum absolute atomic E-state index is 12.9. The number of nitrogens with zero attached hydrogens (tertiary/aromatic N) is 2. The Morgan fingerprint density at radius 2 is 1.80 bits per heavy atom. The number of fused-ring (bicyclic) bond motifs is 1. The van der Waals surface area contributed by atoms with Crippen LogP contribution in [0.4, 0.5) is 0 Å². The van der Waals surface area contributed by atoms with E-state index >= 15 is 0 Å². The highest BCUT2D eigenvalue weighted by atomic mass is 16.2. The van der Waals surface area contributed by atoms with Gasteiger partial charge in [0.25, 0.3) is 0 Å². The number of hydrogen-bond acceptors (Lipinski definition) is 3. The average Bonchev–Trinajstić information content (AvgIpc) is 3.07. The summed E-state index contributed by atoms with van der Waals surface area (Å²) in [6, 6.07) is 1.53. The average molecular weight is 279 g/mol. The summed E-state index contributed by atoms with van der Waals surface area (Å²) in [6.45, 7) is 12.0. The van der Waals surface area contributed by atoms with E-state index in [1.807, 2.05) is 0 Å². The van der Waals surface area contributed by atoms with Crippen LogP contribution in [0, 0.1) is 11.8 Å². The lowest BCUT2D eigenvalue weighted by Crippen LogP contribution is -2.52. The van der Waals surface area contributed by atoms with Crippen LogP contribution in [0.25, 0.3) is 0 Å². The molecule has 6 unspecified atom stereocenters. The predicted octanol–water partition coefficient (Wildman–Crippen LogP) is 1.31. The number of carbonyl (C=O) groups excluding carboxylic acids is 1. The zero-order valence-electron chi connectivity index (χ0n) is 13.3. The molecule has 6 atom stereocenters. The van der Waals surface area contributed by atoms with Gasteiger partial charge in [-0.3, -0.25) is 9.69 Å². The van der Waals surface area contributed by atoms with Crippen molar-refractivity contribution in [1.29, 1.82) is 0 Å². The van der Waals surface area contributed by atoms with Gasteiger partial charge in [-0.2, -0.15) is 0 Å². The van der Waals surface area contributed by atoms with Crippen LogP contribution >= 0.6 is 0 Å². The molecular weight excluding hydrogens is 250 g/mol. The topological polar surface area (TPSA) is 35.6 Å². The molecule has 0 aromatic rings. The van der Waals surface area contributed by atoms with Crippen LogP contribution in [-0.4, -0.2) is 59.5 Å². The van der Waals surface area contributed by atoms with Gasteiger partial charge in [-0.25, -0.2) is 0 Å². The zero-order valence-corrected chi connectivity index (χ0v) is 13.3. The van der Waals surface area contributed by atoms with E-state index in [9.17, 15) is 4.79 Å². The van der Waals surface area contributed by atoms with Crippen molar-refractivity contribution >= 4 is 5.91 Å². The second kappa shape index (κ2) is 5.30. The maximum atomic E-state index is 12.9. The molecule has 3 saturated heterocycles. The van der Waals surface area contributed by atoms with Crippen molar-refractivity contribution in [3.05, 3.63) is 0 Å². The minimum absolute atomic E-state index is 0.0386. The molecule has 4 nitrogen and oxygen atoms in total. The fourth-order valence-electron chi connectivity index (χ4n) is 4.80. The number of likely N-dealkylation sites (tertiary alicyclic amines) is 2. The quantitative estimate of drug-likeness (QED) is 0.828. The summed E-state index contributed by atoms with van der Waals surface area (Å²) in [5.41, 5.74) is 0. The smallest absolute Gasteiger partial charge is 0.239 e. The van der Waals surface area contributed by atoms with E-state index in [1.54, 1.807) is 0 Å². The Bertz CT molecular complexity index is 376. The molecule has 0 bridgehead atoms. The Labute approximate surface area is 122 Å². The molecule has 4 heteroatoms. The minimum Gasteiger partial charge on any atom is -0.338 e. The van der Waals surface area contributed by atoms with Crippen molar-refractivity contribution in [2.24, 2.45) is 11.8 Å². The highest BCUT2D eigenvalue weighted by Crippen LogP contribution is 2.34. The van der Waals surface area contributed by atoms with E-state index in [0.29, 0.717) is 35.9 Å². The van der Waals surface area contributed by atoms with E-state index in [2.05, 4.69) is 42.8 Å². The first kappa shape index (κ1) is 14.3. The van der Waals surface area contributed by atoms with Crippen LogP contribution in [0.3, 0.4) is 0 Å². The van der Waals surface area contributed by atoms with Crippen molar-refractivity contribution in [2.75, 3.05) is 19.6 Å². The van der Waals surface area contributed by atoms with E-state index < -0.39 is 0 Å². The lowest BCUT2D eigenvalue weighted by Gasteiger charge is -2.36. The second-order valence-corrected chi connectivity index (χ2v) is 7.21. The van der Waals surface area contributed by atoms with Gasteiger partial charge in [0.15, 0.2) is 0 Å². The van der Waals surface area contributed by atoms with Crippen LogP contribution in [0.1, 0.15) is 40.5 Å². The third-order valence-electron chi connectivity index (χ3n) is 6.04. The Morgan fingerprint density at radius 3 is 2.40 bits per heavy atom. The molecule has 0 aromatic heterocycles. The maximum Gasteiger partial charge on any atom is 0.239 e. The summed E-state index contributed by atoms with van der Waals surface area (Å²) in [4.78, 5) is 17.5. The highest BCUT2D eigenvalue weighted by molar-refractivity contribution is 5.82. The van der Waals surface area contributed by atoms with Gasteiger partial charge in [0, 0.05) is 37.8 Å². The molecule has 20 heavy (non-hydrogen) atoms. The van der Waals surface area contributed by atoms with Gasteiger partial charge in [-0.1, -0.05) is 0 Å². The molecule has 0 spiro atoms. The summed E-state index contributed by atoms with van der Waals surface area (Å²) in [5.74, 6) is 1.70. The molecule has 1 amide bonds. The molecule has 3 rings (SSSR count). The van der Waals surface area contributed by atoms with E-state index in [1.165, 1.54) is 12.8 Å². The summed E-state index contributed by atoms with van der Waals surface area (Å²) in [5, 5.41) is 3.46. The summed E-state index contributed by atoms with van der Waals surface area (Å²) in [7, 11) is 0. The van der Waals surface area contributed by atoms with Gasteiger partial charge in [-0.05, 0) is 52.4 Å². The van der Waals surface area contributed by atoms with Gasteiger partial charge in [0.05, 0.1) is 6.04 Å². The second-order valence-electron chi connectivity index (χ2n) is 7.21. The third kappa shape index (κ3) is 2.17. The highest BCUT2D eigenvalue weighted by Gasteiger charge is 2.46. The Balaban J connectivity index is 1.69. The van der Waals surface area contributed by atoms with Crippen LogP contribution in [0.5, 0.6) is 0 Å².